The summed E-state index contributed by atoms with van der Waals surface area (Å²) < 4.78 is 11.9. The number of hydrogen-bond donors (Lipinski definition) is 1. The summed E-state index contributed by atoms with van der Waals surface area (Å²) in [6, 6.07) is 28.3. The smallest absolute Gasteiger partial charge is 0.127 e. The van der Waals surface area contributed by atoms with Crippen LogP contribution in [0.25, 0.3) is 0 Å². The van der Waals surface area contributed by atoms with Crippen molar-refractivity contribution in [3.8, 4) is 11.5 Å². The first-order chi connectivity index (χ1) is 13.9. The van der Waals surface area contributed by atoms with Crippen LogP contribution in [0, 0.1) is 0 Å². The van der Waals surface area contributed by atoms with E-state index in [1.807, 2.05) is 54.6 Å². The predicted molar refractivity (Wildman–Crippen MR) is 119 cm³/mol. The molecule has 3 heteroatoms. The zero-order valence-corrected chi connectivity index (χ0v) is 17.8. The summed E-state index contributed by atoms with van der Waals surface area (Å²) in [5.74, 6) is 1.67. The van der Waals surface area contributed by atoms with Crippen molar-refractivity contribution >= 4 is 0 Å². The lowest BCUT2D eigenvalue weighted by Crippen LogP contribution is -2.24. The minimum Gasteiger partial charge on any atom is -0.457 e. The van der Waals surface area contributed by atoms with Crippen LogP contribution >= 0.6 is 0 Å². The third kappa shape index (κ3) is 8.51. The first-order valence-corrected chi connectivity index (χ1v) is 10.00. The molecule has 1 N–H and O–H groups in total. The number of rotatable bonds is 7. The van der Waals surface area contributed by atoms with Crippen molar-refractivity contribution in [2.75, 3.05) is 6.61 Å². The van der Waals surface area contributed by atoms with Gasteiger partial charge in [-0.1, -0.05) is 74.5 Å². The number of para-hydroxylation sites is 1. The van der Waals surface area contributed by atoms with E-state index in [9.17, 15) is 0 Å². The third-order valence-electron chi connectivity index (χ3n) is 4.16. The molecular formula is C26H32O3. The molecule has 0 heterocycles. The highest BCUT2D eigenvalue weighted by Crippen LogP contribution is 2.25. The Morgan fingerprint density at radius 3 is 1.97 bits per heavy atom. The molecule has 0 saturated carbocycles. The minimum absolute atomic E-state index is 0.0145. The number of hydrogen-bond acceptors (Lipinski definition) is 3. The van der Waals surface area contributed by atoms with Gasteiger partial charge in [0.15, 0.2) is 0 Å². The average molecular weight is 393 g/mol. The van der Waals surface area contributed by atoms with Gasteiger partial charge in [0.05, 0.1) is 13.2 Å². The molecule has 0 aliphatic heterocycles. The molecule has 0 amide bonds. The normalized spacial score (nSPS) is 11.0. The van der Waals surface area contributed by atoms with E-state index < -0.39 is 0 Å². The van der Waals surface area contributed by atoms with Crippen LogP contribution in [0.5, 0.6) is 11.5 Å². The minimum atomic E-state index is -0.167. The summed E-state index contributed by atoms with van der Waals surface area (Å²) in [6.45, 7) is 9.09. The molecule has 0 saturated heterocycles. The average Bonchev–Trinajstić information content (AvgIpc) is 2.69. The SMILES string of the molecule is CC(C)(COCc1cccc(Oc2ccccc2)c1)c1ccccc1.CC(C)O. The van der Waals surface area contributed by atoms with Crippen molar-refractivity contribution in [2.45, 2.75) is 45.8 Å². The van der Waals surface area contributed by atoms with E-state index in [2.05, 4.69) is 44.2 Å². The molecule has 0 fully saturated rings. The third-order valence-corrected chi connectivity index (χ3v) is 4.16. The zero-order valence-electron chi connectivity index (χ0n) is 17.8. The van der Waals surface area contributed by atoms with Crippen LogP contribution in [-0.4, -0.2) is 17.8 Å². The fourth-order valence-corrected chi connectivity index (χ4v) is 2.72. The van der Waals surface area contributed by atoms with Crippen LogP contribution in [0.4, 0.5) is 0 Å². The number of aliphatic hydroxyl groups is 1. The number of aliphatic hydroxyl groups excluding tert-OH is 1. The molecule has 29 heavy (non-hydrogen) atoms. The summed E-state index contributed by atoms with van der Waals surface area (Å²) >= 11 is 0. The van der Waals surface area contributed by atoms with Crippen LogP contribution in [-0.2, 0) is 16.8 Å². The Morgan fingerprint density at radius 1 is 0.793 bits per heavy atom. The molecular weight excluding hydrogens is 360 g/mol. The largest absolute Gasteiger partial charge is 0.457 e. The second-order valence-electron chi connectivity index (χ2n) is 7.90. The van der Waals surface area contributed by atoms with Gasteiger partial charge in [0.2, 0.25) is 0 Å². The molecule has 3 aromatic carbocycles. The molecule has 0 aromatic heterocycles. The zero-order chi connectivity index (χ0) is 21.1. The molecule has 3 aromatic rings. The summed E-state index contributed by atoms with van der Waals surface area (Å²) in [6.07, 6.45) is -0.167. The van der Waals surface area contributed by atoms with Crippen molar-refractivity contribution in [2.24, 2.45) is 0 Å². The topological polar surface area (TPSA) is 38.7 Å². The lowest BCUT2D eigenvalue weighted by atomic mass is 9.86. The summed E-state index contributed by atoms with van der Waals surface area (Å²) in [4.78, 5) is 0. The van der Waals surface area contributed by atoms with E-state index in [-0.39, 0.29) is 11.5 Å². The summed E-state index contributed by atoms with van der Waals surface area (Å²) in [7, 11) is 0. The molecule has 0 aliphatic rings. The highest BCUT2D eigenvalue weighted by molar-refractivity contribution is 5.33. The molecule has 0 unspecified atom stereocenters. The van der Waals surface area contributed by atoms with Crippen LogP contribution in [0.3, 0.4) is 0 Å². The molecule has 0 spiro atoms. The fourth-order valence-electron chi connectivity index (χ4n) is 2.72. The van der Waals surface area contributed by atoms with Gasteiger partial charge in [-0.2, -0.15) is 0 Å². The molecule has 3 rings (SSSR count). The Kier molecular flexibility index (Phi) is 8.91. The van der Waals surface area contributed by atoms with Crippen LogP contribution in [0.2, 0.25) is 0 Å². The first-order valence-electron chi connectivity index (χ1n) is 10.00. The molecule has 3 nitrogen and oxygen atoms in total. The van der Waals surface area contributed by atoms with E-state index in [0.717, 1.165) is 17.1 Å². The summed E-state index contributed by atoms with van der Waals surface area (Å²) in [5.41, 5.74) is 2.38. The van der Waals surface area contributed by atoms with Gasteiger partial charge in [-0.15, -0.1) is 0 Å². The van der Waals surface area contributed by atoms with Gasteiger partial charge >= 0.3 is 0 Å². The van der Waals surface area contributed by atoms with E-state index in [1.54, 1.807) is 13.8 Å². The van der Waals surface area contributed by atoms with Gasteiger partial charge in [0, 0.05) is 11.5 Å². The van der Waals surface area contributed by atoms with Gasteiger partial charge in [-0.05, 0) is 49.2 Å². The molecule has 0 radical (unpaired) electrons. The Bertz CT molecular complexity index is 824. The van der Waals surface area contributed by atoms with Crippen molar-refractivity contribution < 1.29 is 14.6 Å². The van der Waals surface area contributed by atoms with E-state index in [4.69, 9.17) is 14.6 Å². The highest BCUT2D eigenvalue weighted by atomic mass is 16.5. The Balaban J connectivity index is 0.000000687. The van der Waals surface area contributed by atoms with Crippen molar-refractivity contribution in [1.29, 1.82) is 0 Å². The maximum absolute atomic E-state index is 8.06. The quantitative estimate of drug-likeness (QED) is 0.508. The van der Waals surface area contributed by atoms with Crippen LogP contribution in [0.1, 0.15) is 38.8 Å². The second kappa shape index (κ2) is 11.4. The Hall–Kier alpha value is -2.62. The monoisotopic (exact) mass is 392 g/mol. The second-order valence-corrected chi connectivity index (χ2v) is 7.90. The van der Waals surface area contributed by atoms with E-state index >= 15 is 0 Å². The van der Waals surface area contributed by atoms with Crippen molar-refractivity contribution in [3.05, 3.63) is 96.1 Å². The fraction of sp³-hybridized carbons (Fsp3) is 0.308. The lowest BCUT2D eigenvalue weighted by molar-refractivity contribution is 0.0824. The highest BCUT2D eigenvalue weighted by Gasteiger charge is 2.20. The predicted octanol–water partition coefficient (Wildman–Crippen LogP) is 6.36. The van der Waals surface area contributed by atoms with Gasteiger partial charge in [0.1, 0.15) is 11.5 Å². The first kappa shape index (κ1) is 22.7. The van der Waals surface area contributed by atoms with Crippen LogP contribution in [0.15, 0.2) is 84.9 Å². The van der Waals surface area contributed by atoms with Gasteiger partial charge in [-0.3, -0.25) is 0 Å². The maximum atomic E-state index is 8.06. The van der Waals surface area contributed by atoms with Gasteiger partial charge < -0.3 is 14.6 Å². The maximum Gasteiger partial charge on any atom is 0.127 e. The summed E-state index contributed by atoms with van der Waals surface area (Å²) in [5, 5.41) is 8.06. The molecule has 0 aliphatic carbocycles. The van der Waals surface area contributed by atoms with Crippen molar-refractivity contribution in [1.82, 2.24) is 0 Å². The Morgan fingerprint density at radius 2 is 1.34 bits per heavy atom. The van der Waals surface area contributed by atoms with Gasteiger partial charge in [-0.25, -0.2) is 0 Å². The Labute approximate surface area is 174 Å². The van der Waals surface area contributed by atoms with Crippen molar-refractivity contribution in [3.63, 3.8) is 0 Å². The van der Waals surface area contributed by atoms with Gasteiger partial charge in [0.25, 0.3) is 0 Å². The standard InChI is InChI=1S/C23H24O2.C3H8O/c1-23(2,20-11-5-3-6-12-20)18-24-17-19-10-9-15-22(16-19)25-21-13-7-4-8-14-21;1-3(2)4/h3-16H,17-18H2,1-2H3;3-4H,1-2H3. The molecule has 154 valence electrons. The molecule has 0 atom stereocenters. The molecule has 0 bridgehead atoms. The van der Waals surface area contributed by atoms with E-state index in [1.165, 1.54) is 5.56 Å². The van der Waals surface area contributed by atoms with E-state index in [0.29, 0.717) is 13.2 Å². The number of ether oxygens (including phenoxy) is 2. The lowest BCUT2D eigenvalue weighted by Gasteiger charge is -2.25. The number of benzene rings is 3. The van der Waals surface area contributed by atoms with Crippen LogP contribution < -0.4 is 4.74 Å².